The summed E-state index contributed by atoms with van der Waals surface area (Å²) < 4.78 is 5.91. The number of methoxy groups -OCH3 is 1. The van der Waals surface area contributed by atoms with E-state index in [1.807, 2.05) is 6.07 Å². The quantitative estimate of drug-likeness (QED) is 0.900. The van der Waals surface area contributed by atoms with Crippen molar-refractivity contribution < 1.29 is 9.53 Å². The van der Waals surface area contributed by atoms with Crippen molar-refractivity contribution in [3.05, 3.63) is 46.7 Å². The molecule has 6 heteroatoms. The number of benzene rings is 1. The molecule has 0 aliphatic heterocycles. The highest BCUT2D eigenvalue weighted by atomic mass is 79.9. The van der Waals surface area contributed by atoms with Crippen molar-refractivity contribution >= 4 is 33.2 Å². The van der Waals surface area contributed by atoms with Gasteiger partial charge in [-0.15, -0.1) is 0 Å². The van der Waals surface area contributed by atoms with Crippen molar-refractivity contribution in [2.24, 2.45) is 0 Å². The zero-order valence-corrected chi connectivity index (χ0v) is 12.5. The number of amides is 1. The average molecular weight is 336 g/mol. The van der Waals surface area contributed by atoms with E-state index in [0.717, 1.165) is 4.47 Å². The van der Waals surface area contributed by atoms with E-state index in [-0.39, 0.29) is 12.3 Å². The number of pyridine rings is 1. The molecule has 0 aliphatic carbocycles. The first-order chi connectivity index (χ1) is 9.58. The zero-order valence-electron chi connectivity index (χ0n) is 10.9. The fraction of sp³-hybridized carbons (Fsp3) is 0.143. The molecule has 0 spiro atoms. The van der Waals surface area contributed by atoms with E-state index in [0.29, 0.717) is 22.8 Å². The zero-order chi connectivity index (χ0) is 14.5. The van der Waals surface area contributed by atoms with E-state index in [1.54, 1.807) is 31.4 Å². The molecule has 2 rings (SSSR count). The Labute approximate surface area is 125 Å². The second kappa shape index (κ2) is 6.38. The number of ether oxygens (including phenoxy) is 1. The Morgan fingerprint density at radius 1 is 1.40 bits per heavy atom. The molecule has 0 saturated carbocycles. The van der Waals surface area contributed by atoms with E-state index in [9.17, 15) is 4.79 Å². The standard InChI is InChI=1S/C14H14BrN3O2/c1-20-11-4-5-12(15)13(7-11)18-14(19)6-10-3-2-9(16)8-17-10/h2-5,7-8H,6,16H2,1H3,(H,18,19). The maximum absolute atomic E-state index is 12.0. The number of hydrogen-bond acceptors (Lipinski definition) is 4. The van der Waals surface area contributed by atoms with Crippen LogP contribution >= 0.6 is 15.9 Å². The van der Waals surface area contributed by atoms with Crippen LogP contribution in [0.3, 0.4) is 0 Å². The number of nitrogens with two attached hydrogens (primary N) is 1. The molecule has 20 heavy (non-hydrogen) atoms. The lowest BCUT2D eigenvalue weighted by atomic mass is 10.2. The van der Waals surface area contributed by atoms with Crippen LogP contribution in [-0.4, -0.2) is 18.0 Å². The molecule has 1 heterocycles. The summed E-state index contributed by atoms with van der Waals surface area (Å²) in [4.78, 5) is 16.1. The lowest BCUT2D eigenvalue weighted by molar-refractivity contribution is -0.115. The monoisotopic (exact) mass is 335 g/mol. The lowest BCUT2D eigenvalue weighted by Gasteiger charge is -2.09. The number of anilines is 2. The van der Waals surface area contributed by atoms with Gasteiger partial charge in [-0.3, -0.25) is 9.78 Å². The van der Waals surface area contributed by atoms with Crippen molar-refractivity contribution in [2.75, 3.05) is 18.2 Å². The minimum atomic E-state index is -0.156. The number of hydrogen-bond donors (Lipinski definition) is 2. The summed E-state index contributed by atoms with van der Waals surface area (Å²) in [6, 6.07) is 8.82. The van der Waals surface area contributed by atoms with E-state index >= 15 is 0 Å². The second-order valence-electron chi connectivity index (χ2n) is 4.15. The van der Waals surface area contributed by atoms with Gasteiger partial charge in [-0.2, -0.15) is 0 Å². The molecular weight excluding hydrogens is 322 g/mol. The number of rotatable bonds is 4. The third-order valence-electron chi connectivity index (χ3n) is 2.64. The van der Waals surface area contributed by atoms with Crippen LogP contribution in [0.4, 0.5) is 11.4 Å². The molecule has 0 radical (unpaired) electrons. The van der Waals surface area contributed by atoms with Crippen molar-refractivity contribution in [3.8, 4) is 5.75 Å². The summed E-state index contributed by atoms with van der Waals surface area (Å²) in [5.41, 5.74) is 7.44. The number of carbonyl (C=O) groups is 1. The van der Waals surface area contributed by atoms with Crippen LogP contribution in [0.15, 0.2) is 41.0 Å². The molecule has 1 aromatic heterocycles. The predicted octanol–water partition coefficient (Wildman–Crippen LogP) is 2.62. The molecule has 5 nitrogen and oxygen atoms in total. The topological polar surface area (TPSA) is 77.2 Å². The molecule has 0 atom stereocenters. The second-order valence-corrected chi connectivity index (χ2v) is 5.01. The maximum Gasteiger partial charge on any atom is 0.230 e. The van der Waals surface area contributed by atoms with Gasteiger partial charge in [0.05, 0.1) is 31.1 Å². The fourth-order valence-corrected chi connectivity index (χ4v) is 1.97. The van der Waals surface area contributed by atoms with Crippen LogP contribution in [-0.2, 0) is 11.2 Å². The summed E-state index contributed by atoms with van der Waals surface area (Å²) in [6.45, 7) is 0. The first-order valence-electron chi connectivity index (χ1n) is 5.92. The molecule has 0 bridgehead atoms. The van der Waals surface area contributed by atoms with Gasteiger partial charge >= 0.3 is 0 Å². The van der Waals surface area contributed by atoms with Crippen LogP contribution in [0.5, 0.6) is 5.75 Å². The predicted molar refractivity (Wildman–Crippen MR) is 81.7 cm³/mol. The van der Waals surface area contributed by atoms with Crippen LogP contribution < -0.4 is 15.8 Å². The van der Waals surface area contributed by atoms with Crippen LogP contribution in [0, 0.1) is 0 Å². The van der Waals surface area contributed by atoms with E-state index in [4.69, 9.17) is 10.5 Å². The van der Waals surface area contributed by atoms with Crippen molar-refractivity contribution in [1.29, 1.82) is 0 Å². The first kappa shape index (κ1) is 14.3. The molecule has 1 amide bonds. The summed E-state index contributed by atoms with van der Waals surface area (Å²) in [5, 5.41) is 2.81. The Hall–Kier alpha value is -2.08. The van der Waals surface area contributed by atoms with Gasteiger partial charge in [-0.25, -0.2) is 0 Å². The largest absolute Gasteiger partial charge is 0.497 e. The van der Waals surface area contributed by atoms with Crippen LogP contribution in [0.1, 0.15) is 5.69 Å². The Balaban J connectivity index is 2.06. The Bertz CT molecular complexity index is 614. The minimum Gasteiger partial charge on any atom is -0.497 e. The van der Waals surface area contributed by atoms with Crippen LogP contribution in [0.2, 0.25) is 0 Å². The van der Waals surface area contributed by atoms with E-state index < -0.39 is 0 Å². The SMILES string of the molecule is COc1ccc(Br)c(NC(=O)Cc2ccc(N)cn2)c1. The number of halogens is 1. The van der Waals surface area contributed by atoms with E-state index in [2.05, 4.69) is 26.2 Å². The Morgan fingerprint density at radius 3 is 2.85 bits per heavy atom. The highest BCUT2D eigenvalue weighted by Gasteiger charge is 2.08. The highest BCUT2D eigenvalue weighted by Crippen LogP contribution is 2.27. The normalized spacial score (nSPS) is 10.1. The molecule has 0 unspecified atom stereocenters. The number of nitrogens with one attached hydrogen (secondary N) is 1. The molecule has 2 aromatic rings. The molecular formula is C14H14BrN3O2. The summed E-state index contributed by atoms with van der Waals surface area (Å²) >= 11 is 3.38. The number of carbonyl (C=O) groups excluding carboxylic acids is 1. The van der Waals surface area contributed by atoms with Crippen molar-refractivity contribution in [1.82, 2.24) is 4.98 Å². The average Bonchev–Trinajstić information content (AvgIpc) is 2.44. The Morgan fingerprint density at radius 2 is 2.20 bits per heavy atom. The minimum absolute atomic E-state index is 0.156. The summed E-state index contributed by atoms with van der Waals surface area (Å²) in [5.74, 6) is 0.519. The van der Waals surface area contributed by atoms with Gasteiger partial charge in [0, 0.05) is 16.2 Å². The van der Waals surface area contributed by atoms with Crippen molar-refractivity contribution in [3.63, 3.8) is 0 Å². The van der Waals surface area contributed by atoms with Gasteiger partial charge < -0.3 is 15.8 Å². The van der Waals surface area contributed by atoms with Crippen LogP contribution in [0.25, 0.3) is 0 Å². The van der Waals surface area contributed by atoms with Gasteiger partial charge in [-0.05, 0) is 40.2 Å². The van der Waals surface area contributed by atoms with Gasteiger partial charge in [-0.1, -0.05) is 0 Å². The van der Waals surface area contributed by atoms with E-state index in [1.165, 1.54) is 6.20 Å². The van der Waals surface area contributed by atoms with Gasteiger partial charge in [0.1, 0.15) is 5.75 Å². The number of nitrogens with zero attached hydrogens (tertiary/aromatic N) is 1. The molecule has 0 fully saturated rings. The molecule has 0 saturated heterocycles. The van der Waals surface area contributed by atoms with Gasteiger partial charge in [0.2, 0.25) is 5.91 Å². The first-order valence-corrected chi connectivity index (χ1v) is 6.71. The van der Waals surface area contributed by atoms with Crippen molar-refractivity contribution in [2.45, 2.75) is 6.42 Å². The fourth-order valence-electron chi connectivity index (χ4n) is 1.63. The lowest BCUT2D eigenvalue weighted by Crippen LogP contribution is -2.15. The maximum atomic E-state index is 12.0. The smallest absolute Gasteiger partial charge is 0.230 e. The third kappa shape index (κ3) is 3.71. The molecule has 1 aromatic carbocycles. The van der Waals surface area contributed by atoms with Gasteiger partial charge in [0.15, 0.2) is 0 Å². The Kier molecular flexibility index (Phi) is 4.57. The summed E-state index contributed by atoms with van der Waals surface area (Å²) in [7, 11) is 1.58. The number of nitrogen functional groups attached to an aromatic ring is 1. The number of aromatic nitrogens is 1. The third-order valence-corrected chi connectivity index (χ3v) is 3.33. The molecule has 104 valence electrons. The molecule has 3 N–H and O–H groups in total. The van der Waals surface area contributed by atoms with Gasteiger partial charge in [0.25, 0.3) is 0 Å². The summed E-state index contributed by atoms with van der Waals surface area (Å²) in [6.07, 6.45) is 1.72. The highest BCUT2D eigenvalue weighted by molar-refractivity contribution is 9.10. The molecule has 0 aliphatic rings.